The summed E-state index contributed by atoms with van der Waals surface area (Å²) in [5.74, 6) is 1.02. The van der Waals surface area contributed by atoms with E-state index in [2.05, 4.69) is 0 Å². The molecule has 0 unspecified atom stereocenters. The smallest absolute Gasteiger partial charge is 0.343 e. The van der Waals surface area contributed by atoms with Crippen molar-refractivity contribution in [3.8, 4) is 28.7 Å². The fourth-order valence-corrected chi connectivity index (χ4v) is 3.48. The van der Waals surface area contributed by atoms with E-state index in [4.69, 9.17) is 23.7 Å². The average Bonchev–Trinajstić information content (AvgIpc) is 2.71. The van der Waals surface area contributed by atoms with Crippen molar-refractivity contribution in [1.29, 1.82) is 0 Å². The number of ether oxygens (including phenoxy) is 5. The summed E-state index contributed by atoms with van der Waals surface area (Å²) < 4.78 is 27.7. The number of methoxy groups -OCH3 is 3. The van der Waals surface area contributed by atoms with Crippen LogP contribution in [0.25, 0.3) is 0 Å². The molecule has 0 N–H and O–H groups in total. The molecular formula is C23H26O7. The Morgan fingerprint density at radius 2 is 1.63 bits per heavy atom. The van der Waals surface area contributed by atoms with E-state index in [-0.39, 0.29) is 28.3 Å². The Labute approximate surface area is 175 Å². The molecule has 1 aliphatic heterocycles. The molecule has 0 saturated heterocycles. The number of carbonyl (C=O) groups excluding carboxylic acids is 2. The monoisotopic (exact) mass is 414 g/mol. The standard InChI is InChI=1S/C23H26O7/c1-13(24)20-19(28-6)12-17-15(9-10-23(2,3)30-17)21(20)29-22(25)14-7-8-16(26-4)18(11-14)27-5/h7-8,11-12H,9-10H2,1-6H3. The first-order chi connectivity index (χ1) is 14.2. The first-order valence-corrected chi connectivity index (χ1v) is 9.58. The van der Waals surface area contributed by atoms with E-state index in [9.17, 15) is 9.59 Å². The first-order valence-electron chi connectivity index (χ1n) is 9.58. The second-order valence-electron chi connectivity index (χ2n) is 7.64. The fourth-order valence-electron chi connectivity index (χ4n) is 3.48. The normalized spacial score (nSPS) is 14.2. The van der Waals surface area contributed by atoms with Gasteiger partial charge in [-0.3, -0.25) is 4.79 Å². The Balaban J connectivity index is 2.08. The highest BCUT2D eigenvalue weighted by atomic mass is 16.5. The maximum absolute atomic E-state index is 13.0. The molecule has 7 nitrogen and oxygen atoms in total. The predicted molar refractivity (Wildman–Crippen MR) is 111 cm³/mol. The number of carbonyl (C=O) groups is 2. The number of esters is 1. The largest absolute Gasteiger partial charge is 0.496 e. The van der Waals surface area contributed by atoms with Crippen LogP contribution in [-0.2, 0) is 6.42 Å². The van der Waals surface area contributed by atoms with Crippen LogP contribution >= 0.6 is 0 Å². The molecule has 0 amide bonds. The van der Waals surface area contributed by atoms with Crippen molar-refractivity contribution in [1.82, 2.24) is 0 Å². The Kier molecular flexibility index (Phi) is 5.92. The van der Waals surface area contributed by atoms with Crippen molar-refractivity contribution in [2.24, 2.45) is 0 Å². The molecule has 1 heterocycles. The van der Waals surface area contributed by atoms with Crippen molar-refractivity contribution < 1.29 is 33.3 Å². The van der Waals surface area contributed by atoms with Crippen LogP contribution in [0.3, 0.4) is 0 Å². The SMILES string of the molecule is COc1ccc(C(=O)Oc2c3c(cc(OC)c2C(C)=O)OC(C)(C)CC3)cc1OC. The third-order valence-corrected chi connectivity index (χ3v) is 5.06. The third kappa shape index (κ3) is 4.06. The zero-order valence-electron chi connectivity index (χ0n) is 18.1. The first kappa shape index (κ1) is 21.5. The number of benzene rings is 2. The summed E-state index contributed by atoms with van der Waals surface area (Å²) in [6.07, 6.45) is 1.31. The number of hydrogen-bond donors (Lipinski definition) is 0. The second-order valence-corrected chi connectivity index (χ2v) is 7.64. The van der Waals surface area contributed by atoms with E-state index in [1.54, 1.807) is 18.2 Å². The van der Waals surface area contributed by atoms with Gasteiger partial charge >= 0.3 is 5.97 Å². The minimum atomic E-state index is -0.626. The average molecular weight is 414 g/mol. The zero-order valence-corrected chi connectivity index (χ0v) is 18.1. The van der Waals surface area contributed by atoms with E-state index in [1.807, 2.05) is 13.8 Å². The molecule has 0 bridgehead atoms. The Morgan fingerprint density at radius 3 is 2.23 bits per heavy atom. The quantitative estimate of drug-likeness (QED) is 0.397. The molecule has 0 atom stereocenters. The summed E-state index contributed by atoms with van der Waals surface area (Å²) in [5.41, 5.74) is 0.777. The highest BCUT2D eigenvalue weighted by Crippen LogP contribution is 2.45. The topological polar surface area (TPSA) is 80.3 Å². The summed E-state index contributed by atoms with van der Waals surface area (Å²) in [6, 6.07) is 6.40. The molecule has 0 aliphatic carbocycles. The van der Waals surface area contributed by atoms with Crippen LogP contribution < -0.4 is 23.7 Å². The minimum Gasteiger partial charge on any atom is -0.496 e. The molecule has 0 radical (unpaired) electrons. The molecule has 2 aromatic rings. The van der Waals surface area contributed by atoms with Gasteiger partial charge in [-0.2, -0.15) is 0 Å². The van der Waals surface area contributed by atoms with Crippen molar-refractivity contribution >= 4 is 11.8 Å². The second kappa shape index (κ2) is 8.26. The van der Waals surface area contributed by atoms with Crippen molar-refractivity contribution in [3.63, 3.8) is 0 Å². The van der Waals surface area contributed by atoms with Crippen LogP contribution in [-0.4, -0.2) is 38.7 Å². The lowest BCUT2D eigenvalue weighted by molar-refractivity contribution is 0.0707. The zero-order chi connectivity index (χ0) is 22.1. The Bertz CT molecular complexity index is 992. The Hall–Kier alpha value is -3.22. The molecular weight excluding hydrogens is 388 g/mol. The summed E-state index contributed by atoms with van der Waals surface area (Å²) >= 11 is 0. The summed E-state index contributed by atoms with van der Waals surface area (Å²) in [4.78, 5) is 25.4. The predicted octanol–water partition coefficient (Wildman–Crippen LogP) is 4.24. The van der Waals surface area contributed by atoms with Gasteiger partial charge in [0, 0.05) is 11.6 Å². The van der Waals surface area contributed by atoms with E-state index in [0.29, 0.717) is 41.4 Å². The van der Waals surface area contributed by atoms with Crippen LogP contribution in [0.4, 0.5) is 0 Å². The van der Waals surface area contributed by atoms with Gasteiger partial charge in [0.05, 0.1) is 26.9 Å². The molecule has 0 aromatic heterocycles. The molecule has 0 saturated carbocycles. The fraction of sp³-hybridized carbons (Fsp3) is 0.391. The van der Waals surface area contributed by atoms with Crippen molar-refractivity contribution in [3.05, 3.63) is 41.0 Å². The molecule has 1 aliphatic rings. The molecule has 2 aromatic carbocycles. The van der Waals surface area contributed by atoms with Crippen LogP contribution in [0.15, 0.2) is 24.3 Å². The minimum absolute atomic E-state index is 0.173. The summed E-state index contributed by atoms with van der Waals surface area (Å²) in [7, 11) is 4.46. The van der Waals surface area contributed by atoms with Gasteiger partial charge in [0.15, 0.2) is 23.0 Å². The van der Waals surface area contributed by atoms with Crippen molar-refractivity contribution in [2.75, 3.05) is 21.3 Å². The van der Waals surface area contributed by atoms with Crippen LogP contribution in [0.5, 0.6) is 28.7 Å². The van der Waals surface area contributed by atoms with Gasteiger partial charge in [-0.15, -0.1) is 0 Å². The van der Waals surface area contributed by atoms with Gasteiger partial charge in [-0.25, -0.2) is 4.79 Å². The van der Waals surface area contributed by atoms with Gasteiger partial charge in [0.2, 0.25) is 0 Å². The number of ketones is 1. The molecule has 0 spiro atoms. The number of rotatable bonds is 6. The van der Waals surface area contributed by atoms with Crippen molar-refractivity contribution in [2.45, 2.75) is 39.2 Å². The van der Waals surface area contributed by atoms with E-state index in [0.717, 1.165) is 0 Å². The highest BCUT2D eigenvalue weighted by molar-refractivity contribution is 6.02. The number of fused-ring (bicyclic) bond motifs is 1. The lowest BCUT2D eigenvalue weighted by atomic mass is 9.91. The highest BCUT2D eigenvalue weighted by Gasteiger charge is 2.33. The lowest BCUT2D eigenvalue weighted by Gasteiger charge is -2.34. The molecule has 7 heteroatoms. The molecule has 160 valence electrons. The maximum atomic E-state index is 13.0. The van der Waals surface area contributed by atoms with E-state index < -0.39 is 5.97 Å². The third-order valence-electron chi connectivity index (χ3n) is 5.06. The van der Waals surface area contributed by atoms with Crippen LogP contribution in [0, 0.1) is 0 Å². The number of Topliss-reactive ketones (excluding diaryl/α,β-unsaturated/α-hetero) is 1. The van der Waals surface area contributed by atoms with Gasteiger partial charge in [0.1, 0.15) is 22.7 Å². The Morgan fingerprint density at radius 1 is 0.967 bits per heavy atom. The van der Waals surface area contributed by atoms with E-state index >= 15 is 0 Å². The van der Waals surface area contributed by atoms with Crippen LogP contribution in [0.2, 0.25) is 0 Å². The molecule has 0 fully saturated rings. The van der Waals surface area contributed by atoms with Gasteiger partial charge in [0.25, 0.3) is 0 Å². The van der Waals surface area contributed by atoms with Gasteiger partial charge in [-0.1, -0.05) is 0 Å². The molecule has 3 rings (SSSR count). The number of hydrogen-bond acceptors (Lipinski definition) is 7. The van der Waals surface area contributed by atoms with Crippen LogP contribution in [0.1, 0.15) is 53.5 Å². The maximum Gasteiger partial charge on any atom is 0.343 e. The summed E-state index contributed by atoms with van der Waals surface area (Å²) in [5, 5.41) is 0. The molecule has 30 heavy (non-hydrogen) atoms. The van der Waals surface area contributed by atoms with Gasteiger partial charge < -0.3 is 23.7 Å². The summed E-state index contributed by atoms with van der Waals surface area (Å²) in [6.45, 7) is 5.37. The van der Waals surface area contributed by atoms with E-state index in [1.165, 1.54) is 34.3 Å². The van der Waals surface area contributed by atoms with Gasteiger partial charge in [-0.05, 0) is 51.8 Å². The lowest BCUT2D eigenvalue weighted by Crippen LogP contribution is -2.33.